The first-order chi connectivity index (χ1) is 15.4. The number of halogens is 2. The summed E-state index contributed by atoms with van der Waals surface area (Å²) in [5.41, 5.74) is 1.69. The molecule has 4 rings (SSSR count). The van der Waals surface area contributed by atoms with Crippen LogP contribution in [0.3, 0.4) is 0 Å². The molecule has 1 aliphatic carbocycles. The van der Waals surface area contributed by atoms with Crippen LogP contribution in [-0.2, 0) is 12.8 Å². The second kappa shape index (κ2) is 9.30. The van der Waals surface area contributed by atoms with Crippen molar-refractivity contribution in [3.8, 4) is 5.75 Å². The van der Waals surface area contributed by atoms with Crippen molar-refractivity contribution in [3.05, 3.63) is 74.9 Å². The van der Waals surface area contributed by atoms with Crippen LogP contribution in [0.4, 0.5) is 15.1 Å². The zero-order valence-electron chi connectivity index (χ0n) is 17.6. The van der Waals surface area contributed by atoms with Crippen molar-refractivity contribution in [2.24, 2.45) is 5.92 Å². The van der Waals surface area contributed by atoms with E-state index < -0.39 is 11.7 Å². The summed E-state index contributed by atoms with van der Waals surface area (Å²) < 4.78 is 19.5. The molecule has 2 amide bonds. The van der Waals surface area contributed by atoms with Crippen molar-refractivity contribution in [2.75, 3.05) is 17.7 Å². The molecule has 0 spiro atoms. The molecule has 3 aromatic rings. The lowest BCUT2D eigenvalue weighted by Gasteiger charge is -2.19. The number of rotatable bonds is 5. The molecule has 0 saturated heterocycles. The highest BCUT2D eigenvalue weighted by Crippen LogP contribution is 2.40. The van der Waals surface area contributed by atoms with E-state index in [0.29, 0.717) is 32.9 Å². The Bertz CT molecular complexity index is 1190. The molecule has 1 aromatic heterocycles. The minimum atomic E-state index is -0.616. The average Bonchev–Trinajstić information content (AvgIpc) is 3.11. The van der Waals surface area contributed by atoms with Gasteiger partial charge in [-0.25, -0.2) is 4.39 Å². The lowest BCUT2D eigenvalue weighted by molar-refractivity contribution is 0.102. The zero-order valence-corrected chi connectivity index (χ0v) is 19.2. The molecule has 0 saturated carbocycles. The van der Waals surface area contributed by atoms with E-state index in [1.165, 1.54) is 36.6 Å². The summed E-state index contributed by atoms with van der Waals surface area (Å²) in [6.45, 7) is 2.16. The molecule has 1 atom stereocenters. The number of amides is 2. The molecule has 1 aliphatic rings. The predicted molar refractivity (Wildman–Crippen MR) is 126 cm³/mol. The van der Waals surface area contributed by atoms with E-state index in [0.717, 1.165) is 29.7 Å². The maximum absolute atomic E-state index is 14.1. The topological polar surface area (TPSA) is 67.4 Å². The van der Waals surface area contributed by atoms with Crippen LogP contribution >= 0.6 is 22.9 Å². The normalized spacial score (nSPS) is 15.1. The van der Waals surface area contributed by atoms with E-state index in [9.17, 15) is 14.0 Å². The second-order valence-electron chi connectivity index (χ2n) is 7.79. The minimum Gasteiger partial charge on any atom is -0.495 e. The van der Waals surface area contributed by atoms with Gasteiger partial charge in [-0.05, 0) is 61.1 Å². The summed E-state index contributed by atoms with van der Waals surface area (Å²) in [4.78, 5) is 27.2. The second-order valence-corrected chi connectivity index (χ2v) is 9.33. The first kappa shape index (κ1) is 22.3. The van der Waals surface area contributed by atoms with Crippen molar-refractivity contribution in [1.29, 1.82) is 0 Å². The molecular weight excluding hydrogens is 451 g/mol. The van der Waals surface area contributed by atoms with Crippen LogP contribution in [0.25, 0.3) is 0 Å². The van der Waals surface area contributed by atoms with Crippen LogP contribution in [0.1, 0.15) is 44.5 Å². The minimum absolute atomic E-state index is 0.0740. The number of hydrogen-bond donors (Lipinski definition) is 2. The van der Waals surface area contributed by atoms with Crippen molar-refractivity contribution in [2.45, 2.75) is 26.2 Å². The third kappa shape index (κ3) is 4.49. The van der Waals surface area contributed by atoms with E-state index >= 15 is 0 Å². The highest BCUT2D eigenvalue weighted by molar-refractivity contribution is 7.17. The lowest BCUT2D eigenvalue weighted by atomic mass is 9.88. The average molecular weight is 473 g/mol. The molecule has 1 heterocycles. The summed E-state index contributed by atoms with van der Waals surface area (Å²) in [5.74, 6) is -0.627. The zero-order chi connectivity index (χ0) is 22.8. The summed E-state index contributed by atoms with van der Waals surface area (Å²) in [5, 5.41) is 6.50. The van der Waals surface area contributed by atoms with Crippen LogP contribution in [0.5, 0.6) is 5.75 Å². The third-order valence-electron chi connectivity index (χ3n) is 5.49. The SMILES string of the molecule is COc1ccc(Cl)cc1NC(=O)c1c(NC(=O)c2ccccc2F)sc2c1CC[C@H](C)C2. The van der Waals surface area contributed by atoms with E-state index in [2.05, 4.69) is 17.6 Å². The van der Waals surface area contributed by atoms with Crippen molar-refractivity contribution < 1.29 is 18.7 Å². The highest BCUT2D eigenvalue weighted by Gasteiger charge is 2.29. The van der Waals surface area contributed by atoms with Gasteiger partial charge >= 0.3 is 0 Å². The first-order valence-corrected chi connectivity index (χ1v) is 11.4. The van der Waals surface area contributed by atoms with Gasteiger partial charge in [0.1, 0.15) is 16.6 Å². The standard InChI is InChI=1S/C24H22ClFN2O3S/c1-13-7-9-16-20(11-13)32-24(28-22(29)15-5-3-4-6-17(15)26)21(16)23(30)27-18-12-14(25)8-10-19(18)31-2/h3-6,8,10,12-13H,7,9,11H2,1-2H3,(H,27,30)(H,28,29)/t13-/m0/s1. The van der Waals surface area contributed by atoms with Gasteiger partial charge in [-0.2, -0.15) is 0 Å². The van der Waals surface area contributed by atoms with Crippen molar-refractivity contribution >= 4 is 45.4 Å². The summed E-state index contributed by atoms with van der Waals surface area (Å²) in [6, 6.07) is 10.7. The Hall–Kier alpha value is -2.90. The Labute approximate surface area is 194 Å². The number of fused-ring (bicyclic) bond motifs is 1. The van der Waals surface area contributed by atoms with Gasteiger partial charge in [0, 0.05) is 9.90 Å². The quantitative estimate of drug-likeness (QED) is 0.466. The van der Waals surface area contributed by atoms with Gasteiger partial charge in [-0.1, -0.05) is 30.7 Å². The lowest BCUT2D eigenvalue weighted by Crippen LogP contribution is -2.20. The number of carbonyl (C=O) groups excluding carboxylic acids is 2. The fraction of sp³-hybridized carbons (Fsp3) is 0.250. The summed E-state index contributed by atoms with van der Waals surface area (Å²) in [7, 11) is 1.51. The summed E-state index contributed by atoms with van der Waals surface area (Å²) in [6.07, 6.45) is 2.51. The molecule has 0 aliphatic heterocycles. The monoisotopic (exact) mass is 472 g/mol. The Morgan fingerprint density at radius 3 is 2.69 bits per heavy atom. The van der Waals surface area contributed by atoms with Crippen molar-refractivity contribution in [3.63, 3.8) is 0 Å². The number of anilines is 2. The van der Waals surface area contributed by atoms with Crippen LogP contribution in [0, 0.1) is 11.7 Å². The number of nitrogens with one attached hydrogen (secondary N) is 2. The van der Waals surface area contributed by atoms with E-state index in [1.807, 2.05) is 0 Å². The molecule has 2 N–H and O–H groups in total. The van der Waals surface area contributed by atoms with Crippen molar-refractivity contribution in [1.82, 2.24) is 0 Å². The maximum Gasteiger partial charge on any atom is 0.259 e. The van der Waals surface area contributed by atoms with Crippen LogP contribution in [-0.4, -0.2) is 18.9 Å². The Morgan fingerprint density at radius 1 is 1.16 bits per heavy atom. The Kier molecular flexibility index (Phi) is 6.48. The van der Waals surface area contributed by atoms with Gasteiger partial charge in [0.05, 0.1) is 23.9 Å². The third-order valence-corrected chi connectivity index (χ3v) is 6.90. The number of thiophene rings is 1. The molecule has 0 fully saturated rings. The number of benzene rings is 2. The molecular formula is C24H22ClFN2O3S. The largest absolute Gasteiger partial charge is 0.495 e. The van der Waals surface area contributed by atoms with Gasteiger partial charge < -0.3 is 15.4 Å². The number of hydrogen-bond acceptors (Lipinski definition) is 4. The van der Waals surface area contributed by atoms with Crippen LogP contribution in [0.15, 0.2) is 42.5 Å². The molecule has 0 unspecified atom stereocenters. The molecule has 8 heteroatoms. The Morgan fingerprint density at radius 2 is 1.94 bits per heavy atom. The Balaban J connectivity index is 1.71. The van der Waals surface area contributed by atoms with E-state index in [1.54, 1.807) is 24.3 Å². The predicted octanol–water partition coefficient (Wildman–Crippen LogP) is 6.18. The fourth-order valence-corrected chi connectivity index (χ4v) is 5.43. The van der Waals surface area contributed by atoms with E-state index in [4.69, 9.17) is 16.3 Å². The van der Waals surface area contributed by atoms with Gasteiger partial charge in [0.2, 0.25) is 0 Å². The smallest absolute Gasteiger partial charge is 0.259 e. The molecule has 5 nitrogen and oxygen atoms in total. The van der Waals surface area contributed by atoms with Gasteiger partial charge in [0.15, 0.2) is 0 Å². The number of methoxy groups -OCH3 is 1. The molecule has 2 aromatic carbocycles. The maximum atomic E-state index is 14.1. The fourth-order valence-electron chi connectivity index (χ4n) is 3.86. The number of carbonyl (C=O) groups is 2. The molecule has 0 radical (unpaired) electrons. The van der Waals surface area contributed by atoms with Gasteiger partial charge in [-0.3, -0.25) is 9.59 Å². The number of ether oxygens (including phenoxy) is 1. The van der Waals surface area contributed by atoms with E-state index in [-0.39, 0.29) is 11.5 Å². The highest BCUT2D eigenvalue weighted by atomic mass is 35.5. The molecule has 0 bridgehead atoms. The van der Waals surface area contributed by atoms with Crippen LogP contribution < -0.4 is 15.4 Å². The van der Waals surface area contributed by atoms with Crippen LogP contribution in [0.2, 0.25) is 5.02 Å². The van der Waals surface area contributed by atoms with Gasteiger partial charge in [0.25, 0.3) is 11.8 Å². The first-order valence-electron chi connectivity index (χ1n) is 10.2. The summed E-state index contributed by atoms with van der Waals surface area (Å²) >= 11 is 7.47. The molecule has 166 valence electrons. The van der Waals surface area contributed by atoms with Gasteiger partial charge in [-0.15, -0.1) is 11.3 Å². The molecule has 32 heavy (non-hydrogen) atoms.